The second-order valence-corrected chi connectivity index (χ2v) is 11.9. The summed E-state index contributed by atoms with van der Waals surface area (Å²) in [6.45, 7) is 14.7. The Hall–Kier alpha value is -4.33. The number of hydrogen-bond donors (Lipinski definition) is 3. The van der Waals surface area contributed by atoms with E-state index in [1.165, 1.54) is 17.0 Å². The number of benzene rings is 3. The summed E-state index contributed by atoms with van der Waals surface area (Å²) in [4.78, 5) is 43.2. The number of phenols is 1. The number of alkyl carbamates (subject to hydrolysis) is 1. The number of nitrogens with zero attached hydrogens (tertiary/aromatic N) is 1. The predicted octanol–water partition coefficient (Wildman–Crippen LogP) is 6.37. The van der Waals surface area contributed by atoms with Crippen LogP contribution in [0, 0.1) is 20.8 Å². The molecule has 0 saturated carbocycles. The summed E-state index contributed by atoms with van der Waals surface area (Å²) in [6.07, 6.45) is -0.614. The molecule has 3 aromatic carbocycles. The van der Waals surface area contributed by atoms with Crippen LogP contribution in [0.3, 0.4) is 0 Å². The topological polar surface area (TPSA) is 108 Å². The number of carbonyl (C=O) groups is 3. The summed E-state index contributed by atoms with van der Waals surface area (Å²) < 4.78 is 5.49. The molecule has 2 atom stereocenters. The highest BCUT2D eigenvalue weighted by molar-refractivity contribution is 6.00. The normalized spacial score (nSPS) is 12.8. The molecule has 0 aromatic heterocycles. The van der Waals surface area contributed by atoms with Gasteiger partial charge in [0.15, 0.2) is 0 Å². The first-order chi connectivity index (χ1) is 19.7. The Labute approximate surface area is 249 Å². The standard InChI is InChI=1S/C34H43N3O5/c1-21(2)37(32(40)28(35-33(41)42-34(6,7)8)20-25-16-18-26(38)19-17-25)30(27-15-10-9-12-22(27)3)31(39)36-29-23(4)13-11-14-24(29)5/h9-19,21,28,30,38H,20H2,1-8H3,(H,35,41)(H,36,39). The molecule has 3 N–H and O–H groups in total. The highest BCUT2D eigenvalue weighted by atomic mass is 16.6. The molecule has 0 aliphatic rings. The van der Waals surface area contributed by atoms with Crippen molar-refractivity contribution in [3.8, 4) is 5.75 Å². The fraction of sp³-hybridized carbons (Fsp3) is 0.382. The van der Waals surface area contributed by atoms with Crippen LogP contribution in [0.15, 0.2) is 66.7 Å². The monoisotopic (exact) mass is 573 g/mol. The summed E-state index contributed by atoms with van der Waals surface area (Å²) in [5.74, 6) is -0.702. The molecule has 0 aliphatic carbocycles. The molecule has 0 radical (unpaired) electrons. The Morgan fingerprint density at radius 1 is 0.857 bits per heavy atom. The molecule has 0 aliphatic heterocycles. The summed E-state index contributed by atoms with van der Waals surface area (Å²) in [5.41, 5.74) is 4.00. The first kappa shape index (κ1) is 32.2. The third-order valence-corrected chi connectivity index (χ3v) is 6.91. The van der Waals surface area contributed by atoms with E-state index in [1.54, 1.807) is 32.9 Å². The molecule has 42 heavy (non-hydrogen) atoms. The fourth-order valence-electron chi connectivity index (χ4n) is 4.89. The lowest BCUT2D eigenvalue weighted by Crippen LogP contribution is -2.55. The number of anilines is 1. The summed E-state index contributed by atoms with van der Waals surface area (Å²) in [5, 5.41) is 15.6. The van der Waals surface area contributed by atoms with Crippen molar-refractivity contribution in [2.45, 2.75) is 85.5 Å². The highest BCUT2D eigenvalue weighted by Gasteiger charge is 2.38. The maximum atomic E-state index is 14.5. The van der Waals surface area contributed by atoms with Crippen molar-refractivity contribution >= 4 is 23.6 Å². The molecule has 3 rings (SSSR count). The van der Waals surface area contributed by atoms with Gasteiger partial charge in [-0.1, -0.05) is 54.6 Å². The molecule has 0 heterocycles. The lowest BCUT2D eigenvalue weighted by molar-refractivity contribution is -0.142. The van der Waals surface area contributed by atoms with Gasteiger partial charge in [0, 0.05) is 18.2 Å². The van der Waals surface area contributed by atoms with Crippen LogP contribution in [-0.4, -0.2) is 45.6 Å². The zero-order valence-corrected chi connectivity index (χ0v) is 25.8. The predicted molar refractivity (Wildman–Crippen MR) is 165 cm³/mol. The van der Waals surface area contributed by atoms with Crippen molar-refractivity contribution in [2.75, 3.05) is 5.32 Å². The quantitative estimate of drug-likeness (QED) is 0.276. The number of hydrogen-bond acceptors (Lipinski definition) is 5. The van der Waals surface area contributed by atoms with Gasteiger partial charge in [-0.25, -0.2) is 4.79 Å². The second-order valence-electron chi connectivity index (χ2n) is 11.9. The Kier molecular flexibility index (Phi) is 10.4. The van der Waals surface area contributed by atoms with Crippen molar-refractivity contribution in [3.63, 3.8) is 0 Å². The Morgan fingerprint density at radius 2 is 1.43 bits per heavy atom. The van der Waals surface area contributed by atoms with Crippen molar-refractivity contribution in [2.24, 2.45) is 0 Å². The molecule has 0 bridgehead atoms. The molecule has 0 fully saturated rings. The number of aryl methyl sites for hydroxylation is 3. The molecule has 3 amide bonds. The van der Waals surface area contributed by atoms with E-state index in [1.807, 2.05) is 77.1 Å². The molecule has 0 saturated heterocycles. The van der Waals surface area contributed by atoms with Gasteiger partial charge >= 0.3 is 6.09 Å². The molecule has 8 heteroatoms. The van der Waals surface area contributed by atoms with Crippen molar-refractivity contribution < 1.29 is 24.2 Å². The van der Waals surface area contributed by atoms with E-state index >= 15 is 0 Å². The van der Waals surface area contributed by atoms with Gasteiger partial charge in [-0.15, -0.1) is 0 Å². The maximum Gasteiger partial charge on any atom is 0.408 e. The Balaban J connectivity index is 2.09. The number of para-hydroxylation sites is 1. The van der Waals surface area contributed by atoms with E-state index in [2.05, 4.69) is 10.6 Å². The van der Waals surface area contributed by atoms with E-state index in [4.69, 9.17) is 4.74 Å². The average molecular weight is 574 g/mol. The van der Waals surface area contributed by atoms with Crippen LogP contribution < -0.4 is 10.6 Å². The van der Waals surface area contributed by atoms with Gasteiger partial charge < -0.3 is 25.4 Å². The lowest BCUT2D eigenvalue weighted by Gasteiger charge is -2.38. The van der Waals surface area contributed by atoms with Gasteiger partial charge in [-0.3, -0.25) is 9.59 Å². The molecule has 224 valence electrons. The number of aromatic hydroxyl groups is 1. The minimum absolute atomic E-state index is 0.0910. The van der Waals surface area contributed by atoms with E-state index in [0.717, 1.165) is 22.3 Å². The smallest absolute Gasteiger partial charge is 0.408 e. The van der Waals surface area contributed by atoms with Crippen LogP contribution in [0.25, 0.3) is 0 Å². The Morgan fingerprint density at radius 3 is 1.98 bits per heavy atom. The van der Waals surface area contributed by atoms with E-state index < -0.39 is 35.7 Å². The lowest BCUT2D eigenvalue weighted by atomic mass is 9.95. The van der Waals surface area contributed by atoms with Crippen molar-refractivity contribution in [3.05, 3.63) is 94.5 Å². The van der Waals surface area contributed by atoms with Gasteiger partial charge in [0.05, 0.1) is 0 Å². The number of nitrogens with one attached hydrogen (secondary N) is 2. The summed E-state index contributed by atoms with van der Waals surface area (Å²) in [6, 6.07) is 17.3. The SMILES string of the molecule is Cc1ccccc1C(C(=O)Nc1c(C)cccc1C)N(C(=O)C(Cc1ccc(O)cc1)NC(=O)OC(C)(C)C)C(C)C. The van der Waals surface area contributed by atoms with E-state index in [9.17, 15) is 19.5 Å². The number of rotatable bonds is 9. The number of carbonyl (C=O) groups excluding carboxylic acids is 3. The molecular formula is C34H43N3O5. The minimum atomic E-state index is -1.05. The van der Waals surface area contributed by atoms with E-state index in [-0.39, 0.29) is 18.1 Å². The largest absolute Gasteiger partial charge is 0.508 e. The summed E-state index contributed by atoms with van der Waals surface area (Å²) >= 11 is 0. The highest BCUT2D eigenvalue weighted by Crippen LogP contribution is 2.30. The third kappa shape index (κ3) is 8.35. The van der Waals surface area contributed by atoms with Crippen LogP contribution in [0.1, 0.15) is 68.5 Å². The summed E-state index contributed by atoms with van der Waals surface area (Å²) in [7, 11) is 0. The number of amides is 3. The van der Waals surface area contributed by atoms with Gasteiger partial charge in [0.25, 0.3) is 5.91 Å². The van der Waals surface area contributed by atoms with Gasteiger partial charge in [-0.05, 0) is 95.3 Å². The van der Waals surface area contributed by atoms with Crippen molar-refractivity contribution in [1.29, 1.82) is 0 Å². The first-order valence-electron chi connectivity index (χ1n) is 14.2. The van der Waals surface area contributed by atoms with E-state index in [0.29, 0.717) is 11.3 Å². The molecule has 3 aromatic rings. The van der Waals surface area contributed by atoms with Gasteiger partial charge in [0.2, 0.25) is 5.91 Å². The zero-order valence-electron chi connectivity index (χ0n) is 25.8. The molecular weight excluding hydrogens is 530 g/mol. The van der Waals surface area contributed by atoms with Gasteiger partial charge in [-0.2, -0.15) is 0 Å². The number of phenolic OH excluding ortho intramolecular Hbond substituents is 1. The van der Waals surface area contributed by atoms with Crippen LogP contribution in [0.5, 0.6) is 5.75 Å². The fourth-order valence-corrected chi connectivity index (χ4v) is 4.89. The van der Waals surface area contributed by atoms with Crippen LogP contribution in [0.2, 0.25) is 0 Å². The minimum Gasteiger partial charge on any atom is -0.508 e. The van der Waals surface area contributed by atoms with Crippen LogP contribution in [-0.2, 0) is 20.7 Å². The van der Waals surface area contributed by atoms with Gasteiger partial charge in [0.1, 0.15) is 23.4 Å². The van der Waals surface area contributed by atoms with Crippen LogP contribution in [0.4, 0.5) is 10.5 Å². The third-order valence-electron chi connectivity index (χ3n) is 6.91. The molecule has 2 unspecified atom stereocenters. The first-order valence-corrected chi connectivity index (χ1v) is 14.2. The second kappa shape index (κ2) is 13.6. The molecule has 8 nitrogen and oxygen atoms in total. The Bertz CT molecular complexity index is 1390. The maximum absolute atomic E-state index is 14.5. The van der Waals surface area contributed by atoms with Crippen molar-refractivity contribution in [1.82, 2.24) is 10.2 Å². The van der Waals surface area contributed by atoms with Crippen LogP contribution >= 0.6 is 0 Å². The number of ether oxygens (including phenoxy) is 1. The average Bonchev–Trinajstić information content (AvgIpc) is 2.89. The zero-order chi connectivity index (χ0) is 31.2. The molecule has 0 spiro atoms.